The first kappa shape index (κ1) is 17.2. The summed E-state index contributed by atoms with van der Waals surface area (Å²) < 4.78 is 24.4. The number of hydrogen-bond donors (Lipinski definition) is 0. The molecule has 0 aliphatic heterocycles. The highest BCUT2D eigenvalue weighted by Crippen LogP contribution is 2.24. The molecule has 3 nitrogen and oxygen atoms in total. The predicted octanol–water partition coefficient (Wildman–Crippen LogP) is 4.50. The van der Waals surface area contributed by atoms with Crippen LogP contribution >= 0.6 is 0 Å². The number of carbonyl (C=O) groups excluding carboxylic acids is 1. The Bertz CT molecular complexity index is 623. The van der Waals surface area contributed by atoms with Crippen LogP contribution in [0, 0.1) is 5.82 Å². The molecule has 0 heterocycles. The molecule has 122 valence electrons. The SMILES string of the molecule is CCCCOCCOc1ccc(-c2ccc(F)c(C=O)c2)cc1. The van der Waals surface area contributed by atoms with Crippen LogP contribution in [-0.2, 0) is 4.74 Å². The predicted molar refractivity (Wildman–Crippen MR) is 88.4 cm³/mol. The lowest BCUT2D eigenvalue weighted by Crippen LogP contribution is -2.07. The van der Waals surface area contributed by atoms with Gasteiger partial charge < -0.3 is 9.47 Å². The van der Waals surface area contributed by atoms with Crippen molar-refractivity contribution in [1.29, 1.82) is 0 Å². The summed E-state index contributed by atoms with van der Waals surface area (Å²) in [5.74, 6) is 0.248. The maximum atomic E-state index is 13.3. The van der Waals surface area contributed by atoms with Gasteiger partial charge in [0.15, 0.2) is 6.29 Å². The summed E-state index contributed by atoms with van der Waals surface area (Å²) in [4.78, 5) is 10.8. The number of halogens is 1. The van der Waals surface area contributed by atoms with Crippen LogP contribution in [0.15, 0.2) is 42.5 Å². The van der Waals surface area contributed by atoms with Gasteiger partial charge >= 0.3 is 0 Å². The van der Waals surface area contributed by atoms with Gasteiger partial charge in [0.25, 0.3) is 0 Å². The van der Waals surface area contributed by atoms with Crippen molar-refractivity contribution in [3.8, 4) is 16.9 Å². The number of hydrogen-bond acceptors (Lipinski definition) is 3. The molecular weight excluding hydrogens is 295 g/mol. The molecule has 0 aliphatic rings. The molecule has 0 aliphatic carbocycles. The standard InChI is InChI=1S/C19H21FO3/c1-2-3-10-22-11-12-23-18-7-4-15(5-8-18)16-6-9-19(20)17(13-16)14-21/h4-9,13-14H,2-3,10-12H2,1H3. The van der Waals surface area contributed by atoms with Crippen molar-refractivity contribution in [2.24, 2.45) is 0 Å². The molecule has 0 atom stereocenters. The summed E-state index contributed by atoms with van der Waals surface area (Å²) in [7, 11) is 0. The molecule has 2 aromatic rings. The van der Waals surface area contributed by atoms with Crippen molar-refractivity contribution in [2.45, 2.75) is 19.8 Å². The summed E-state index contributed by atoms with van der Waals surface area (Å²) >= 11 is 0. The average Bonchev–Trinajstić information content (AvgIpc) is 2.59. The number of benzene rings is 2. The summed E-state index contributed by atoms with van der Waals surface area (Å²) in [6, 6.07) is 12.0. The minimum Gasteiger partial charge on any atom is -0.491 e. The Labute approximate surface area is 136 Å². The zero-order valence-electron chi connectivity index (χ0n) is 13.3. The number of aldehydes is 1. The lowest BCUT2D eigenvalue weighted by atomic mass is 10.0. The average molecular weight is 316 g/mol. The quantitative estimate of drug-likeness (QED) is 0.505. The number of carbonyl (C=O) groups is 1. The summed E-state index contributed by atoms with van der Waals surface area (Å²) in [6.07, 6.45) is 2.71. The van der Waals surface area contributed by atoms with Crippen LogP contribution in [-0.4, -0.2) is 26.1 Å². The minimum absolute atomic E-state index is 0.0621. The fourth-order valence-corrected chi connectivity index (χ4v) is 2.12. The molecule has 2 rings (SSSR count). The highest BCUT2D eigenvalue weighted by atomic mass is 19.1. The van der Waals surface area contributed by atoms with E-state index in [1.165, 1.54) is 6.07 Å². The minimum atomic E-state index is -0.508. The normalized spacial score (nSPS) is 10.5. The van der Waals surface area contributed by atoms with E-state index in [-0.39, 0.29) is 5.56 Å². The lowest BCUT2D eigenvalue weighted by Gasteiger charge is -2.08. The first-order valence-electron chi connectivity index (χ1n) is 7.80. The van der Waals surface area contributed by atoms with Gasteiger partial charge in [-0.25, -0.2) is 4.39 Å². The van der Waals surface area contributed by atoms with Crippen molar-refractivity contribution in [3.63, 3.8) is 0 Å². The third-order valence-electron chi connectivity index (χ3n) is 3.45. The summed E-state index contributed by atoms with van der Waals surface area (Å²) in [6.45, 7) is 3.97. The molecule has 0 aromatic heterocycles. The first-order chi connectivity index (χ1) is 11.2. The van der Waals surface area contributed by atoms with Crippen molar-refractivity contribution in [3.05, 3.63) is 53.8 Å². The van der Waals surface area contributed by atoms with E-state index in [4.69, 9.17) is 9.47 Å². The van der Waals surface area contributed by atoms with Crippen molar-refractivity contribution >= 4 is 6.29 Å². The second-order valence-corrected chi connectivity index (χ2v) is 5.19. The topological polar surface area (TPSA) is 35.5 Å². The Hall–Kier alpha value is -2.20. The Balaban J connectivity index is 1.90. The smallest absolute Gasteiger partial charge is 0.153 e. The molecule has 0 spiro atoms. The van der Waals surface area contributed by atoms with E-state index in [1.54, 1.807) is 12.1 Å². The van der Waals surface area contributed by atoms with Gasteiger partial charge in [0, 0.05) is 6.61 Å². The van der Waals surface area contributed by atoms with Crippen LogP contribution in [0.4, 0.5) is 4.39 Å². The van der Waals surface area contributed by atoms with Gasteiger partial charge in [0.1, 0.15) is 18.2 Å². The van der Waals surface area contributed by atoms with Gasteiger partial charge in [-0.15, -0.1) is 0 Å². The van der Waals surface area contributed by atoms with Crippen molar-refractivity contribution < 1.29 is 18.7 Å². The highest BCUT2D eigenvalue weighted by molar-refractivity contribution is 5.79. The van der Waals surface area contributed by atoms with Crippen LogP contribution in [0.3, 0.4) is 0 Å². The molecule has 23 heavy (non-hydrogen) atoms. The maximum absolute atomic E-state index is 13.3. The highest BCUT2D eigenvalue weighted by Gasteiger charge is 2.04. The van der Waals surface area contributed by atoms with E-state index >= 15 is 0 Å². The second kappa shape index (κ2) is 9.06. The second-order valence-electron chi connectivity index (χ2n) is 5.19. The zero-order chi connectivity index (χ0) is 16.5. The van der Waals surface area contributed by atoms with Gasteiger partial charge in [-0.3, -0.25) is 4.79 Å². The van der Waals surface area contributed by atoms with Gasteiger partial charge in [-0.05, 0) is 41.8 Å². The number of ether oxygens (including phenoxy) is 2. The van der Waals surface area contributed by atoms with Gasteiger partial charge in [0.05, 0.1) is 12.2 Å². The van der Waals surface area contributed by atoms with Crippen LogP contribution in [0.2, 0.25) is 0 Å². The monoisotopic (exact) mass is 316 g/mol. The Morgan fingerprint density at radius 3 is 2.43 bits per heavy atom. The van der Waals surface area contributed by atoms with E-state index in [0.29, 0.717) is 19.5 Å². The summed E-state index contributed by atoms with van der Waals surface area (Å²) in [5, 5.41) is 0. The van der Waals surface area contributed by atoms with Crippen LogP contribution in [0.25, 0.3) is 11.1 Å². The fourth-order valence-electron chi connectivity index (χ4n) is 2.12. The molecule has 0 saturated heterocycles. The van der Waals surface area contributed by atoms with Gasteiger partial charge in [0.2, 0.25) is 0 Å². The maximum Gasteiger partial charge on any atom is 0.153 e. The Morgan fingerprint density at radius 2 is 1.74 bits per heavy atom. The van der Waals surface area contributed by atoms with E-state index < -0.39 is 5.82 Å². The molecule has 0 fully saturated rings. The third kappa shape index (κ3) is 5.18. The largest absolute Gasteiger partial charge is 0.491 e. The first-order valence-corrected chi connectivity index (χ1v) is 7.80. The molecule has 0 N–H and O–H groups in total. The van der Waals surface area contributed by atoms with Crippen molar-refractivity contribution in [2.75, 3.05) is 19.8 Å². The Morgan fingerprint density at radius 1 is 1.00 bits per heavy atom. The van der Waals surface area contributed by atoms with Crippen LogP contribution < -0.4 is 4.74 Å². The van der Waals surface area contributed by atoms with Gasteiger partial charge in [-0.2, -0.15) is 0 Å². The zero-order valence-corrected chi connectivity index (χ0v) is 13.3. The molecule has 0 saturated carbocycles. The molecule has 0 bridgehead atoms. The number of rotatable bonds is 9. The molecule has 0 unspecified atom stereocenters. The molecule has 0 radical (unpaired) electrons. The van der Waals surface area contributed by atoms with Crippen LogP contribution in [0.1, 0.15) is 30.1 Å². The number of unbranched alkanes of at least 4 members (excludes halogenated alkanes) is 1. The van der Waals surface area contributed by atoms with E-state index in [1.807, 2.05) is 24.3 Å². The lowest BCUT2D eigenvalue weighted by molar-refractivity contribution is 0.0981. The van der Waals surface area contributed by atoms with E-state index in [9.17, 15) is 9.18 Å². The summed E-state index contributed by atoms with van der Waals surface area (Å²) in [5.41, 5.74) is 1.76. The van der Waals surface area contributed by atoms with E-state index in [2.05, 4.69) is 6.92 Å². The molecule has 0 amide bonds. The van der Waals surface area contributed by atoms with Crippen LogP contribution in [0.5, 0.6) is 5.75 Å². The van der Waals surface area contributed by atoms with Gasteiger partial charge in [-0.1, -0.05) is 31.5 Å². The van der Waals surface area contributed by atoms with E-state index in [0.717, 1.165) is 36.3 Å². The Kier molecular flexibility index (Phi) is 6.76. The molecule has 4 heteroatoms. The molecule has 2 aromatic carbocycles. The van der Waals surface area contributed by atoms with Crippen molar-refractivity contribution in [1.82, 2.24) is 0 Å². The fraction of sp³-hybridized carbons (Fsp3) is 0.316. The third-order valence-corrected chi connectivity index (χ3v) is 3.45. The molecular formula is C19H21FO3.